The zero-order valence-corrected chi connectivity index (χ0v) is 22.8. The number of fused-ring (bicyclic) bond motifs is 2. The van der Waals surface area contributed by atoms with Gasteiger partial charge in [-0.15, -0.1) is 0 Å². The van der Waals surface area contributed by atoms with Crippen LogP contribution in [0.1, 0.15) is 27.5 Å². The Hall–Kier alpha value is -4.02. The number of carbonyl (C=O) groups excluding carboxylic acids is 3. The minimum atomic E-state index is -0.739. The van der Waals surface area contributed by atoms with Crippen LogP contribution >= 0.6 is 23.1 Å². The van der Waals surface area contributed by atoms with Gasteiger partial charge in [0.2, 0.25) is 17.7 Å². The SMILES string of the molecule is Cc1ccc(N2C(=O)C3Sc4c(sc(=O)n4CC(=O)Nc4cccc(C)c4)C(c4cccnc4)C3C2=O)cc1. The average molecular weight is 557 g/mol. The molecule has 3 unspecified atom stereocenters. The third-order valence-electron chi connectivity index (χ3n) is 6.99. The van der Waals surface area contributed by atoms with Gasteiger partial charge in [-0.1, -0.05) is 59.0 Å². The fourth-order valence-corrected chi connectivity index (χ4v) is 7.96. The molecule has 4 aromatic rings. The average Bonchev–Trinajstić information content (AvgIpc) is 3.36. The molecule has 8 nitrogen and oxygen atoms in total. The van der Waals surface area contributed by atoms with Crippen LogP contribution in [-0.4, -0.2) is 32.5 Å². The summed E-state index contributed by atoms with van der Waals surface area (Å²) in [6, 6.07) is 18.3. The smallest absolute Gasteiger partial charge is 0.308 e. The number of benzene rings is 2. The molecular formula is C29H24N4O4S2. The fraction of sp³-hybridized carbons (Fsp3) is 0.207. The van der Waals surface area contributed by atoms with Gasteiger partial charge in [0.1, 0.15) is 11.8 Å². The summed E-state index contributed by atoms with van der Waals surface area (Å²) in [5.41, 5.74) is 3.94. The predicted octanol–water partition coefficient (Wildman–Crippen LogP) is 4.36. The number of hydrogen-bond acceptors (Lipinski definition) is 7. The van der Waals surface area contributed by atoms with E-state index in [0.717, 1.165) is 28.0 Å². The van der Waals surface area contributed by atoms with Crippen molar-refractivity contribution in [3.63, 3.8) is 0 Å². The fourth-order valence-electron chi connectivity index (χ4n) is 5.19. The zero-order valence-electron chi connectivity index (χ0n) is 21.2. The lowest BCUT2D eigenvalue weighted by Gasteiger charge is -2.30. The highest BCUT2D eigenvalue weighted by atomic mass is 32.2. The van der Waals surface area contributed by atoms with Gasteiger partial charge in [0.05, 0.1) is 16.6 Å². The molecule has 0 radical (unpaired) electrons. The molecule has 2 aromatic heterocycles. The second kappa shape index (κ2) is 9.94. The number of nitrogens with zero attached hydrogens (tertiary/aromatic N) is 3. The number of hydrogen-bond donors (Lipinski definition) is 1. The van der Waals surface area contributed by atoms with Gasteiger partial charge in [-0.3, -0.25) is 28.7 Å². The van der Waals surface area contributed by atoms with E-state index in [4.69, 9.17) is 0 Å². The lowest BCUT2D eigenvalue weighted by molar-refractivity contribution is -0.122. The number of thiazole rings is 1. The monoisotopic (exact) mass is 556 g/mol. The summed E-state index contributed by atoms with van der Waals surface area (Å²) in [4.78, 5) is 59.7. The molecule has 1 saturated heterocycles. The van der Waals surface area contributed by atoms with E-state index in [-0.39, 0.29) is 29.1 Å². The van der Waals surface area contributed by atoms with Crippen LogP contribution in [-0.2, 0) is 20.9 Å². The number of anilines is 2. The van der Waals surface area contributed by atoms with Gasteiger partial charge in [-0.05, 0) is 55.3 Å². The van der Waals surface area contributed by atoms with E-state index in [9.17, 15) is 19.2 Å². The van der Waals surface area contributed by atoms with Gasteiger partial charge in [0.15, 0.2) is 0 Å². The van der Waals surface area contributed by atoms with Crippen molar-refractivity contribution in [2.45, 2.75) is 36.6 Å². The zero-order chi connectivity index (χ0) is 27.3. The number of aryl methyl sites for hydroxylation is 2. The van der Waals surface area contributed by atoms with Crippen LogP contribution < -0.4 is 15.1 Å². The first kappa shape index (κ1) is 25.3. The molecule has 6 rings (SSSR count). The molecule has 3 amide bonds. The Morgan fingerprint density at radius 3 is 2.49 bits per heavy atom. The van der Waals surface area contributed by atoms with Crippen LogP contribution in [0.3, 0.4) is 0 Å². The maximum absolute atomic E-state index is 13.9. The Balaban J connectivity index is 1.40. The number of nitrogens with one attached hydrogen (secondary N) is 1. The number of imide groups is 1. The molecule has 2 aromatic carbocycles. The van der Waals surface area contributed by atoms with Crippen molar-refractivity contribution in [2.75, 3.05) is 10.2 Å². The predicted molar refractivity (Wildman–Crippen MR) is 151 cm³/mol. The maximum atomic E-state index is 13.9. The van der Waals surface area contributed by atoms with Gasteiger partial charge >= 0.3 is 4.87 Å². The lowest BCUT2D eigenvalue weighted by atomic mass is 9.84. The normalized spacial score (nSPS) is 20.1. The van der Waals surface area contributed by atoms with E-state index >= 15 is 0 Å². The van der Waals surface area contributed by atoms with E-state index < -0.39 is 17.1 Å². The highest BCUT2D eigenvalue weighted by Crippen LogP contribution is 2.53. The summed E-state index contributed by atoms with van der Waals surface area (Å²) < 4.78 is 1.42. The Bertz CT molecular complexity index is 1660. The quantitative estimate of drug-likeness (QED) is 0.367. The standard InChI is InChI=1S/C29H24N4O4S2/c1-16-8-10-20(11-9-16)33-26(35)23-22(18-6-4-12-30-14-18)25-28(38-24(23)27(33)36)32(29(37)39-25)15-21(34)31-19-7-3-5-17(2)13-19/h3-14,22-24H,15H2,1-2H3,(H,31,34). The molecule has 0 aliphatic carbocycles. The van der Waals surface area contributed by atoms with Crippen molar-refractivity contribution in [1.29, 1.82) is 0 Å². The van der Waals surface area contributed by atoms with Crippen LogP contribution in [0.25, 0.3) is 0 Å². The van der Waals surface area contributed by atoms with E-state index in [1.807, 2.05) is 50.2 Å². The summed E-state index contributed by atoms with van der Waals surface area (Å²) in [6.07, 6.45) is 3.32. The summed E-state index contributed by atoms with van der Waals surface area (Å²) in [5.74, 6) is -2.21. The largest absolute Gasteiger partial charge is 0.325 e. The maximum Gasteiger partial charge on any atom is 0.308 e. The second-order valence-corrected chi connectivity index (χ2v) is 11.8. The molecule has 2 aliphatic heterocycles. The molecule has 1 N–H and O–H groups in total. The van der Waals surface area contributed by atoms with Crippen LogP contribution in [0.5, 0.6) is 0 Å². The van der Waals surface area contributed by atoms with Crippen molar-refractivity contribution in [2.24, 2.45) is 5.92 Å². The minimum absolute atomic E-state index is 0.202. The van der Waals surface area contributed by atoms with Crippen molar-refractivity contribution in [1.82, 2.24) is 9.55 Å². The van der Waals surface area contributed by atoms with Crippen LogP contribution in [0.4, 0.5) is 11.4 Å². The lowest BCUT2D eigenvalue weighted by Crippen LogP contribution is -2.33. The highest BCUT2D eigenvalue weighted by molar-refractivity contribution is 8.00. The van der Waals surface area contributed by atoms with Gasteiger partial charge in [-0.2, -0.15) is 0 Å². The van der Waals surface area contributed by atoms with E-state index in [1.54, 1.807) is 36.7 Å². The molecule has 39 heavy (non-hydrogen) atoms. The van der Waals surface area contributed by atoms with E-state index in [2.05, 4.69) is 10.3 Å². The number of carbonyl (C=O) groups is 3. The molecular weight excluding hydrogens is 532 g/mol. The van der Waals surface area contributed by atoms with E-state index in [1.165, 1.54) is 21.2 Å². The van der Waals surface area contributed by atoms with Gasteiger partial charge in [0, 0.05) is 28.9 Å². The molecule has 4 heterocycles. The number of rotatable bonds is 5. The number of aromatic nitrogens is 2. The van der Waals surface area contributed by atoms with E-state index in [0.29, 0.717) is 21.3 Å². The van der Waals surface area contributed by atoms with Gasteiger partial charge in [0.25, 0.3) is 0 Å². The first-order chi connectivity index (χ1) is 18.8. The highest BCUT2D eigenvalue weighted by Gasteiger charge is 2.56. The Labute approximate surface area is 232 Å². The molecule has 1 fully saturated rings. The molecule has 0 bridgehead atoms. The van der Waals surface area contributed by atoms with Crippen LogP contribution in [0.2, 0.25) is 0 Å². The summed E-state index contributed by atoms with van der Waals surface area (Å²) in [7, 11) is 0. The molecule has 10 heteroatoms. The minimum Gasteiger partial charge on any atom is -0.325 e. The topological polar surface area (TPSA) is 101 Å². The number of amides is 3. The number of pyridine rings is 1. The van der Waals surface area contributed by atoms with Gasteiger partial charge in [-0.25, -0.2) is 4.90 Å². The molecule has 196 valence electrons. The van der Waals surface area contributed by atoms with Gasteiger partial charge < -0.3 is 5.32 Å². The second-order valence-electron chi connectivity index (χ2n) is 9.72. The third kappa shape index (κ3) is 4.49. The number of thioether (sulfide) groups is 1. The van der Waals surface area contributed by atoms with Crippen LogP contribution in [0, 0.1) is 19.8 Å². The van der Waals surface area contributed by atoms with Crippen molar-refractivity contribution < 1.29 is 14.4 Å². The summed E-state index contributed by atoms with van der Waals surface area (Å²) in [6.45, 7) is 3.67. The van der Waals surface area contributed by atoms with Crippen molar-refractivity contribution in [3.05, 3.63) is 104 Å². The molecule has 0 spiro atoms. The van der Waals surface area contributed by atoms with Crippen LogP contribution in [0.15, 0.2) is 82.9 Å². The third-order valence-corrected chi connectivity index (χ3v) is 9.59. The van der Waals surface area contributed by atoms with Crippen molar-refractivity contribution >= 4 is 52.2 Å². The Morgan fingerprint density at radius 2 is 1.77 bits per heavy atom. The summed E-state index contributed by atoms with van der Waals surface area (Å²) >= 11 is 2.22. The molecule has 3 atom stereocenters. The first-order valence-corrected chi connectivity index (χ1v) is 14.1. The first-order valence-electron chi connectivity index (χ1n) is 12.4. The Morgan fingerprint density at radius 1 is 0.974 bits per heavy atom. The molecule has 0 saturated carbocycles. The Kier molecular flexibility index (Phi) is 6.44. The summed E-state index contributed by atoms with van der Waals surface area (Å²) in [5, 5.41) is 2.66. The molecule has 2 aliphatic rings. The van der Waals surface area contributed by atoms with Crippen molar-refractivity contribution in [3.8, 4) is 0 Å².